The summed E-state index contributed by atoms with van der Waals surface area (Å²) in [7, 11) is 0.429. The lowest BCUT2D eigenvalue weighted by atomic mass is 9.93. The van der Waals surface area contributed by atoms with E-state index >= 15 is 0 Å². The molecule has 0 unspecified atom stereocenters. The van der Waals surface area contributed by atoms with Crippen molar-refractivity contribution in [3.63, 3.8) is 0 Å². The van der Waals surface area contributed by atoms with Gasteiger partial charge in [0.25, 0.3) is 0 Å². The lowest BCUT2D eigenvalue weighted by Crippen LogP contribution is -2.35. The Morgan fingerprint density at radius 3 is 2.64 bits per heavy atom. The number of hydrogen-bond acceptors (Lipinski definition) is 2. The molecule has 1 fully saturated rings. The van der Waals surface area contributed by atoms with Gasteiger partial charge in [0, 0.05) is 12.5 Å². The first-order valence-corrected chi connectivity index (χ1v) is 11.6. The highest BCUT2D eigenvalue weighted by Gasteiger charge is 2.17. The average Bonchev–Trinajstić information content (AvgIpc) is 2.48. The van der Waals surface area contributed by atoms with Crippen LogP contribution in [-0.2, 0) is 0 Å². The number of piperidine rings is 1. The predicted molar refractivity (Wildman–Crippen MR) is 97.7 cm³/mol. The zero-order chi connectivity index (χ0) is 16.0. The molecule has 0 amide bonds. The number of methoxy groups -OCH3 is 1. The summed E-state index contributed by atoms with van der Waals surface area (Å²) in [6.07, 6.45) is 5.61. The number of hydrogen-bond donors (Lipinski definition) is 1. The molecule has 1 aliphatic rings. The number of rotatable bonds is 3. The minimum atomic E-state index is -1.27. The summed E-state index contributed by atoms with van der Waals surface area (Å²) in [5, 5.41) is 3.62. The standard InChI is InChI=1S/C19H27NOSi/c1-21-18-11-9-16(10-12-18)15-17-7-5-13-20-19(17)8-6-14-22(2,3)4/h9-12,15,19-20H,5,7-8,13H2,1-4H3/b17-15+/t19-/m0/s1. The molecule has 1 aromatic carbocycles. The van der Waals surface area contributed by atoms with Crippen molar-refractivity contribution in [3.8, 4) is 17.2 Å². The molecule has 22 heavy (non-hydrogen) atoms. The third-order valence-corrected chi connectivity index (χ3v) is 4.64. The van der Waals surface area contributed by atoms with Crippen molar-refractivity contribution in [1.29, 1.82) is 0 Å². The fourth-order valence-corrected chi connectivity index (χ4v) is 3.22. The Morgan fingerprint density at radius 2 is 2.00 bits per heavy atom. The quantitative estimate of drug-likeness (QED) is 0.670. The van der Waals surface area contributed by atoms with Gasteiger partial charge in [-0.1, -0.05) is 43.4 Å². The second-order valence-corrected chi connectivity index (χ2v) is 11.6. The average molecular weight is 314 g/mol. The van der Waals surface area contributed by atoms with Crippen LogP contribution in [-0.4, -0.2) is 27.8 Å². The maximum atomic E-state index is 5.22. The second-order valence-electron chi connectivity index (χ2n) is 6.86. The normalized spacial score (nSPS) is 20.4. The van der Waals surface area contributed by atoms with Crippen LogP contribution in [0.1, 0.15) is 24.8 Å². The van der Waals surface area contributed by atoms with E-state index in [9.17, 15) is 0 Å². The lowest BCUT2D eigenvalue weighted by molar-refractivity contribution is 0.415. The van der Waals surface area contributed by atoms with Crippen molar-refractivity contribution in [2.75, 3.05) is 13.7 Å². The molecule has 1 aromatic rings. The SMILES string of the molecule is COc1ccc(/C=C2\CCCN[C@H]2CC#C[Si](C)(C)C)cc1. The van der Waals surface area contributed by atoms with Crippen molar-refractivity contribution in [1.82, 2.24) is 5.32 Å². The summed E-state index contributed by atoms with van der Waals surface area (Å²) in [5.74, 6) is 4.32. The molecule has 1 saturated heterocycles. The fraction of sp³-hybridized carbons (Fsp3) is 0.474. The van der Waals surface area contributed by atoms with Crippen molar-refractivity contribution in [3.05, 3.63) is 35.4 Å². The molecule has 3 heteroatoms. The number of nitrogens with one attached hydrogen (secondary N) is 1. The molecule has 0 radical (unpaired) electrons. The van der Waals surface area contributed by atoms with Gasteiger partial charge in [-0.05, 0) is 37.1 Å². The molecule has 0 aliphatic carbocycles. The highest BCUT2D eigenvalue weighted by molar-refractivity contribution is 6.83. The number of benzene rings is 1. The van der Waals surface area contributed by atoms with Gasteiger partial charge in [0.15, 0.2) is 0 Å². The van der Waals surface area contributed by atoms with E-state index in [1.807, 2.05) is 12.1 Å². The van der Waals surface area contributed by atoms with E-state index in [-0.39, 0.29) is 0 Å². The van der Waals surface area contributed by atoms with Gasteiger partial charge in [-0.3, -0.25) is 0 Å². The van der Waals surface area contributed by atoms with Crippen LogP contribution in [0, 0.1) is 11.5 Å². The van der Waals surface area contributed by atoms with Crippen molar-refractivity contribution >= 4 is 14.1 Å². The topological polar surface area (TPSA) is 21.3 Å². The van der Waals surface area contributed by atoms with Crippen LogP contribution in [0.15, 0.2) is 29.8 Å². The minimum absolute atomic E-state index is 0.403. The first-order chi connectivity index (χ1) is 10.5. The van der Waals surface area contributed by atoms with Gasteiger partial charge < -0.3 is 10.1 Å². The highest BCUT2D eigenvalue weighted by Crippen LogP contribution is 2.22. The van der Waals surface area contributed by atoms with E-state index in [1.54, 1.807) is 7.11 Å². The van der Waals surface area contributed by atoms with Crippen LogP contribution >= 0.6 is 0 Å². The van der Waals surface area contributed by atoms with Crippen LogP contribution < -0.4 is 10.1 Å². The Bertz CT molecular complexity index is 572. The summed E-state index contributed by atoms with van der Waals surface area (Å²) in [5.41, 5.74) is 6.19. The van der Waals surface area contributed by atoms with Crippen LogP contribution in [0.25, 0.3) is 6.08 Å². The van der Waals surface area contributed by atoms with Crippen LogP contribution in [0.3, 0.4) is 0 Å². The predicted octanol–water partition coefficient (Wildman–Crippen LogP) is 4.10. The smallest absolute Gasteiger partial charge is 0.129 e. The van der Waals surface area contributed by atoms with Crippen molar-refractivity contribution < 1.29 is 4.74 Å². The maximum Gasteiger partial charge on any atom is 0.129 e. The summed E-state index contributed by atoms with van der Waals surface area (Å²) >= 11 is 0. The first-order valence-electron chi connectivity index (χ1n) is 8.06. The lowest BCUT2D eigenvalue weighted by Gasteiger charge is -2.25. The van der Waals surface area contributed by atoms with Crippen molar-refractivity contribution in [2.45, 2.75) is 44.9 Å². The van der Waals surface area contributed by atoms with Gasteiger partial charge in [0.2, 0.25) is 0 Å². The molecule has 1 aliphatic heterocycles. The minimum Gasteiger partial charge on any atom is -0.497 e. The molecule has 1 atom stereocenters. The van der Waals surface area contributed by atoms with Gasteiger partial charge in [-0.15, -0.1) is 11.5 Å². The monoisotopic (exact) mass is 313 g/mol. The Morgan fingerprint density at radius 1 is 1.27 bits per heavy atom. The van der Waals surface area contributed by atoms with E-state index in [1.165, 1.54) is 24.0 Å². The van der Waals surface area contributed by atoms with E-state index in [4.69, 9.17) is 4.74 Å². The molecule has 1 N–H and O–H groups in total. The van der Waals surface area contributed by atoms with Gasteiger partial charge in [-0.2, -0.15) is 0 Å². The van der Waals surface area contributed by atoms with E-state index in [0.29, 0.717) is 6.04 Å². The van der Waals surface area contributed by atoms with Crippen molar-refractivity contribution in [2.24, 2.45) is 0 Å². The van der Waals surface area contributed by atoms with Gasteiger partial charge in [0.1, 0.15) is 13.8 Å². The molecule has 1 heterocycles. The summed E-state index contributed by atoms with van der Waals surface area (Å²) < 4.78 is 5.22. The molecule has 0 spiro atoms. The Kier molecular flexibility index (Phi) is 5.88. The largest absolute Gasteiger partial charge is 0.497 e. The second kappa shape index (κ2) is 7.67. The third kappa shape index (κ3) is 5.36. The van der Waals surface area contributed by atoms with Crippen LogP contribution in [0.2, 0.25) is 19.6 Å². The highest BCUT2D eigenvalue weighted by atomic mass is 28.3. The molecule has 2 nitrogen and oxygen atoms in total. The van der Waals surface area contributed by atoms with Gasteiger partial charge in [0.05, 0.1) is 7.11 Å². The molecule has 0 bridgehead atoms. The van der Waals surface area contributed by atoms with Crippen LogP contribution in [0.5, 0.6) is 5.75 Å². The molecule has 0 saturated carbocycles. The van der Waals surface area contributed by atoms with Crippen LogP contribution in [0.4, 0.5) is 0 Å². The van der Waals surface area contributed by atoms with Gasteiger partial charge in [-0.25, -0.2) is 0 Å². The van der Waals surface area contributed by atoms with E-state index < -0.39 is 8.07 Å². The summed E-state index contributed by atoms with van der Waals surface area (Å²) in [4.78, 5) is 0. The molecular formula is C19H27NOSi. The molecule has 2 rings (SSSR count). The summed E-state index contributed by atoms with van der Waals surface area (Å²) in [6, 6.07) is 8.67. The first kappa shape index (κ1) is 16.9. The zero-order valence-corrected chi connectivity index (χ0v) is 15.2. The zero-order valence-electron chi connectivity index (χ0n) is 14.2. The Balaban J connectivity index is 2.10. The third-order valence-electron chi connectivity index (χ3n) is 3.72. The van der Waals surface area contributed by atoms with E-state index in [0.717, 1.165) is 18.7 Å². The molecular weight excluding hydrogens is 286 g/mol. The van der Waals surface area contributed by atoms with Gasteiger partial charge >= 0.3 is 0 Å². The molecule has 118 valence electrons. The molecule has 0 aromatic heterocycles. The number of ether oxygens (including phenoxy) is 1. The summed E-state index contributed by atoms with van der Waals surface area (Å²) in [6.45, 7) is 7.98. The Labute approximate surface area is 136 Å². The Hall–Kier alpha value is -1.50. The van der Waals surface area contributed by atoms with E-state index in [2.05, 4.69) is 54.6 Å². The fourth-order valence-electron chi connectivity index (χ4n) is 2.58. The maximum absolute atomic E-state index is 5.22.